The molecule has 0 saturated heterocycles. The third-order valence-electron chi connectivity index (χ3n) is 4.03. The molecule has 2 rings (SSSR count). The normalized spacial score (nSPS) is 11.0. The van der Waals surface area contributed by atoms with E-state index >= 15 is 0 Å². The number of aryl methyl sites for hydroxylation is 1. The van der Waals surface area contributed by atoms with Crippen molar-refractivity contribution in [2.24, 2.45) is 0 Å². The highest BCUT2D eigenvalue weighted by Gasteiger charge is 2.08. The molecule has 2 aromatic rings. The Hall–Kier alpha value is -1.76. The highest BCUT2D eigenvalue weighted by molar-refractivity contribution is 5.69. The van der Waals surface area contributed by atoms with E-state index in [0.717, 1.165) is 6.42 Å². The highest BCUT2D eigenvalue weighted by Crippen LogP contribution is 2.30. The molecule has 0 unspecified atom stereocenters. The van der Waals surface area contributed by atoms with Gasteiger partial charge >= 0.3 is 0 Å². The van der Waals surface area contributed by atoms with Gasteiger partial charge in [-0.25, -0.2) is 0 Å². The summed E-state index contributed by atoms with van der Waals surface area (Å²) in [4.78, 5) is 0. The van der Waals surface area contributed by atoms with Gasteiger partial charge in [-0.3, -0.25) is 0 Å². The Morgan fingerprint density at radius 1 is 0.952 bits per heavy atom. The second-order valence-electron chi connectivity index (χ2n) is 6.08. The lowest BCUT2D eigenvalue weighted by Crippen LogP contribution is -1.95. The molecule has 0 atom stereocenters. The van der Waals surface area contributed by atoms with Gasteiger partial charge in [0.15, 0.2) is 0 Å². The van der Waals surface area contributed by atoms with Crippen LogP contribution in [0.5, 0.6) is 5.75 Å². The van der Waals surface area contributed by atoms with Crippen LogP contribution in [0.4, 0.5) is 0 Å². The average molecular weight is 282 g/mol. The molecular weight excluding hydrogens is 256 g/mol. The first-order valence-corrected chi connectivity index (χ1v) is 8.04. The van der Waals surface area contributed by atoms with Crippen LogP contribution in [-0.2, 0) is 6.42 Å². The van der Waals surface area contributed by atoms with Gasteiger partial charge in [-0.05, 0) is 53.1 Å². The minimum Gasteiger partial charge on any atom is -0.508 e. The van der Waals surface area contributed by atoms with Crippen LogP contribution in [0.25, 0.3) is 11.1 Å². The van der Waals surface area contributed by atoms with Gasteiger partial charge in [-0.1, -0.05) is 63.9 Å². The summed E-state index contributed by atoms with van der Waals surface area (Å²) in [6.07, 6.45) is 4.89. The van der Waals surface area contributed by atoms with Crippen LogP contribution in [-0.4, -0.2) is 5.11 Å². The maximum Gasteiger partial charge on any atom is 0.115 e. The minimum atomic E-state index is 0.325. The average Bonchev–Trinajstić information content (AvgIpc) is 2.48. The number of rotatable bonds is 6. The zero-order chi connectivity index (χ0) is 15.2. The highest BCUT2D eigenvalue weighted by atomic mass is 16.3. The number of hydrogen-bond donors (Lipinski definition) is 1. The molecule has 0 aliphatic heterocycles. The van der Waals surface area contributed by atoms with Gasteiger partial charge in [0.2, 0.25) is 0 Å². The molecular formula is C20H26O. The topological polar surface area (TPSA) is 20.2 Å². The smallest absolute Gasteiger partial charge is 0.115 e. The van der Waals surface area contributed by atoms with Crippen LogP contribution in [0.2, 0.25) is 0 Å². The molecule has 0 radical (unpaired) electrons. The Labute approximate surface area is 128 Å². The zero-order valence-electron chi connectivity index (χ0n) is 13.4. The van der Waals surface area contributed by atoms with Crippen molar-refractivity contribution in [3.8, 4) is 16.9 Å². The van der Waals surface area contributed by atoms with Crippen molar-refractivity contribution in [3.63, 3.8) is 0 Å². The molecule has 112 valence electrons. The van der Waals surface area contributed by atoms with Crippen molar-refractivity contribution in [1.29, 1.82) is 0 Å². The summed E-state index contributed by atoms with van der Waals surface area (Å²) in [6, 6.07) is 14.4. The maximum absolute atomic E-state index is 9.49. The third kappa shape index (κ3) is 4.10. The molecule has 0 bridgehead atoms. The molecule has 0 fully saturated rings. The van der Waals surface area contributed by atoms with Crippen molar-refractivity contribution in [2.75, 3.05) is 0 Å². The Morgan fingerprint density at radius 3 is 2.29 bits per heavy atom. The van der Waals surface area contributed by atoms with Crippen LogP contribution in [0, 0.1) is 0 Å². The van der Waals surface area contributed by atoms with E-state index in [2.05, 4.69) is 39.0 Å². The number of aromatic hydroxyl groups is 1. The summed E-state index contributed by atoms with van der Waals surface area (Å²) >= 11 is 0. The molecule has 1 heteroatoms. The molecule has 0 aliphatic carbocycles. The second kappa shape index (κ2) is 7.31. The van der Waals surface area contributed by atoms with Gasteiger partial charge < -0.3 is 5.11 Å². The summed E-state index contributed by atoms with van der Waals surface area (Å²) in [5, 5.41) is 9.49. The lowest BCUT2D eigenvalue weighted by Gasteiger charge is -2.14. The predicted octanol–water partition coefficient (Wildman–Crippen LogP) is 5.92. The second-order valence-corrected chi connectivity index (χ2v) is 6.08. The zero-order valence-corrected chi connectivity index (χ0v) is 13.4. The van der Waals surface area contributed by atoms with E-state index < -0.39 is 0 Å². The van der Waals surface area contributed by atoms with Crippen molar-refractivity contribution >= 4 is 0 Å². The summed E-state index contributed by atoms with van der Waals surface area (Å²) in [5.74, 6) is 0.858. The molecule has 1 N–H and O–H groups in total. The predicted molar refractivity (Wildman–Crippen MR) is 90.9 cm³/mol. The van der Waals surface area contributed by atoms with E-state index in [9.17, 15) is 5.11 Å². The van der Waals surface area contributed by atoms with Gasteiger partial charge in [0.1, 0.15) is 5.75 Å². The third-order valence-corrected chi connectivity index (χ3v) is 4.03. The molecule has 0 heterocycles. The molecule has 0 spiro atoms. The van der Waals surface area contributed by atoms with E-state index in [1.165, 1.54) is 41.5 Å². The largest absolute Gasteiger partial charge is 0.508 e. The van der Waals surface area contributed by atoms with E-state index in [1.807, 2.05) is 12.1 Å². The molecule has 0 amide bonds. The number of unbranched alkanes of at least 4 members (excludes halogenated alkanes) is 2. The SMILES string of the molecule is CCCCCc1ccc(C(C)C)cc1-c1ccc(O)cc1. The maximum atomic E-state index is 9.49. The van der Waals surface area contributed by atoms with E-state index in [4.69, 9.17) is 0 Å². The first-order chi connectivity index (χ1) is 10.1. The Balaban J connectivity index is 2.37. The molecule has 0 aromatic heterocycles. The minimum absolute atomic E-state index is 0.325. The van der Waals surface area contributed by atoms with Crippen molar-refractivity contribution in [1.82, 2.24) is 0 Å². The van der Waals surface area contributed by atoms with Crippen molar-refractivity contribution in [2.45, 2.75) is 52.4 Å². The molecule has 21 heavy (non-hydrogen) atoms. The molecule has 0 aliphatic rings. The van der Waals surface area contributed by atoms with Gasteiger partial charge in [-0.15, -0.1) is 0 Å². The van der Waals surface area contributed by atoms with Gasteiger partial charge in [0, 0.05) is 0 Å². The summed E-state index contributed by atoms with van der Waals surface area (Å²) in [7, 11) is 0. The summed E-state index contributed by atoms with van der Waals surface area (Å²) < 4.78 is 0. The van der Waals surface area contributed by atoms with Crippen LogP contribution >= 0.6 is 0 Å². The van der Waals surface area contributed by atoms with Crippen LogP contribution in [0.3, 0.4) is 0 Å². The van der Waals surface area contributed by atoms with Crippen molar-refractivity contribution < 1.29 is 5.11 Å². The number of phenols is 1. The number of benzene rings is 2. The lowest BCUT2D eigenvalue weighted by atomic mass is 9.91. The first-order valence-electron chi connectivity index (χ1n) is 8.04. The lowest BCUT2D eigenvalue weighted by molar-refractivity contribution is 0.475. The molecule has 2 aromatic carbocycles. The Bertz CT molecular complexity index is 567. The monoisotopic (exact) mass is 282 g/mol. The fourth-order valence-corrected chi connectivity index (χ4v) is 2.65. The van der Waals surface area contributed by atoms with Gasteiger partial charge in [0.05, 0.1) is 0 Å². The van der Waals surface area contributed by atoms with E-state index in [1.54, 1.807) is 12.1 Å². The molecule has 0 saturated carbocycles. The standard InChI is InChI=1S/C20H26O/c1-4-5-6-7-16-8-9-18(15(2)3)14-20(16)17-10-12-19(21)13-11-17/h8-15,21H,4-7H2,1-3H3. The molecule has 1 nitrogen and oxygen atoms in total. The van der Waals surface area contributed by atoms with Crippen molar-refractivity contribution in [3.05, 3.63) is 53.6 Å². The van der Waals surface area contributed by atoms with Gasteiger partial charge in [-0.2, -0.15) is 0 Å². The van der Waals surface area contributed by atoms with E-state index in [0.29, 0.717) is 11.7 Å². The van der Waals surface area contributed by atoms with E-state index in [-0.39, 0.29) is 0 Å². The number of hydrogen-bond acceptors (Lipinski definition) is 1. The van der Waals surface area contributed by atoms with Crippen LogP contribution < -0.4 is 0 Å². The fraction of sp³-hybridized carbons (Fsp3) is 0.400. The first kappa shape index (κ1) is 15.6. The van der Waals surface area contributed by atoms with Crippen LogP contribution in [0.1, 0.15) is 57.1 Å². The Morgan fingerprint density at radius 2 is 1.67 bits per heavy atom. The quantitative estimate of drug-likeness (QED) is 0.652. The Kier molecular flexibility index (Phi) is 5.44. The van der Waals surface area contributed by atoms with Gasteiger partial charge in [0.25, 0.3) is 0 Å². The summed E-state index contributed by atoms with van der Waals surface area (Å²) in [6.45, 7) is 6.70. The fourth-order valence-electron chi connectivity index (χ4n) is 2.65. The summed E-state index contributed by atoms with van der Waals surface area (Å²) in [5.41, 5.74) is 5.30. The number of phenolic OH excluding ortho intramolecular Hbond substituents is 1. The van der Waals surface area contributed by atoms with Crippen LogP contribution in [0.15, 0.2) is 42.5 Å².